The molecular formula is C16H14Cl2N2O4. The molecule has 0 aliphatic rings. The quantitative estimate of drug-likeness (QED) is 0.648. The van der Waals surface area contributed by atoms with Crippen LogP contribution >= 0.6 is 23.2 Å². The Morgan fingerprint density at radius 1 is 1.04 bits per heavy atom. The van der Waals surface area contributed by atoms with Crippen LogP contribution in [0.2, 0.25) is 10.0 Å². The van der Waals surface area contributed by atoms with Crippen LogP contribution < -0.4 is 10.6 Å². The Balaban J connectivity index is 2.01. The summed E-state index contributed by atoms with van der Waals surface area (Å²) in [5, 5.41) is 24.0. The summed E-state index contributed by atoms with van der Waals surface area (Å²) in [5.74, 6) is -1.09. The zero-order valence-electron chi connectivity index (χ0n) is 12.3. The molecule has 0 aliphatic carbocycles. The molecule has 2 aromatic carbocycles. The van der Waals surface area contributed by atoms with E-state index in [4.69, 9.17) is 23.2 Å². The molecule has 0 heterocycles. The van der Waals surface area contributed by atoms with Gasteiger partial charge in [0.25, 0.3) is 0 Å². The zero-order valence-corrected chi connectivity index (χ0v) is 13.8. The van der Waals surface area contributed by atoms with Crippen molar-refractivity contribution in [2.45, 2.75) is 12.5 Å². The van der Waals surface area contributed by atoms with Crippen LogP contribution in [-0.2, 0) is 11.2 Å². The maximum absolute atomic E-state index is 12.0. The summed E-state index contributed by atoms with van der Waals surface area (Å²) in [6.07, 6.45) is 0.0738. The van der Waals surface area contributed by atoms with E-state index in [1.807, 2.05) is 0 Å². The van der Waals surface area contributed by atoms with Gasteiger partial charge in [-0.15, -0.1) is 0 Å². The second-order valence-corrected chi connectivity index (χ2v) is 5.80. The first-order valence-corrected chi connectivity index (χ1v) is 7.64. The van der Waals surface area contributed by atoms with Crippen molar-refractivity contribution in [1.82, 2.24) is 5.32 Å². The topological polar surface area (TPSA) is 98.7 Å². The minimum Gasteiger partial charge on any atom is -0.508 e. The number of halogens is 2. The standard InChI is InChI=1S/C16H14Cl2N2O4/c17-12-6-3-10(8-13(12)18)19-16(24)20-14(15(22)23)7-9-1-4-11(21)5-2-9/h1-6,8,14,21H,7H2,(H,22,23)(H2,19,20,24). The smallest absolute Gasteiger partial charge is 0.326 e. The molecular weight excluding hydrogens is 355 g/mol. The van der Waals surface area contributed by atoms with Gasteiger partial charge in [-0.25, -0.2) is 9.59 Å². The number of aliphatic carboxylic acids is 1. The highest BCUT2D eigenvalue weighted by atomic mass is 35.5. The minimum absolute atomic E-state index is 0.0738. The molecule has 6 nitrogen and oxygen atoms in total. The number of hydrogen-bond acceptors (Lipinski definition) is 3. The van der Waals surface area contributed by atoms with Crippen molar-refractivity contribution in [1.29, 1.82) is 0 Å². The summed E-state index contributed by atoms with van der Waals surface area (Å²) in [7, 11) is 0. The summed E-state index contributed by atoms with van der Waals surface area (Å²) in [6.45, 7) is 0. The Hall–Kier alpha value is -2.44. The van der Waals surface area contributed by atoms with Crippen molar-refractivity contribution in [3.63, 3.8) is 0 Å². The van der Waals surface area contributed by atoms with Gasteiger partial charge in [0.05, 0.1) is 10.0 Å². The fraction of sp³-hybridized carbons (Fsp3) is 0.125. The molecule has 0 bridgehead atoms. The van der Waals surface area contributed by atoms with E-state index in [1.165, 1.54) is 24.3 Å². The van der Waals surface area contributed by atoms with Crippen LogP contribution in [0.25, 0.3) is 0 Å². The van der Waals surface area contributed by atoms with E-state index < -0.39 is 18.0 Å². The highest BCUT2D eigenvalue weighted by molar-refractivity contribution is 6.42. The Labute approximate surface area is 148 Å². The molecule has 24 heavy (non-hydrogen) atoms. The molecule has 0 saturated carbocycles. The van der Waals surface area contributed by atoms with Crippen LogP contribution in [0.1, 0.15) is 5.56 Å². The number of nitrogens with one attached hydrogen (secondary N) is 2. The number of urea groups is 1. The van der Waals surface area contributed by atoms with Crippen LogP contribution in [0, 0.1) is 0 Å². The Morgan fingerprint density at radius 3 is 2.29 bits per heavy atom. The maximum atomic E-state index is 12.0. The Morgan fingerprint density at radius 2 is 1.71 bits per heavy atom. The number of phenols is 1. The summed E-state index contributed by atoms with van der Waals surface area (Å²) in [5.41, 5.74) is 1.05. The van der Waals surface area contributed by atoms with Crippen LogP contribution in [-0.4, -0.2) is 28.3 Å². The average Bonchev–Trinajstić information content (AvgIpc) is 2.52. The third-order valence-corrected chi connectivity index (χ3v) is 3.90. The van der Waals surface area contributed by atoms with E-state index in [0.717, 1.165) is 0 Å². The molecule has 0 aromatic heterocycles. The lowest BCUT2D eigenvalue weighted by Crippen LogP contribution is -2.44. The van der Waals surface area contributed by atoms with E-state index in [9.17, 15) is 19.8 Å². The third kappa shape index (κ3) is 5.04. The molecule has 0 saturated heterocycles. The highest BCUT2D eigenvalue weighted by Crippen LogP contribution is 2.24. The fourth-order valence-corrected chi connectivity index (χ4v) is 2.27. The molecule has 0 aliphatic heterocycles. The second kappa shape index (κ2) is 7.90. The molecule has 0 fully saturated rings. The number of carboxylic acids is 1. The van der Waals surface area contributed by atoms with Crippen molar-refractivity contribution >= 4 is 40.9 Å². The van der Waals surface area contributed by atoms with Gasteiger partial charge in [0.15, 0.2) is 0 Å². The first-order chi connectivity index (χ1) is 11.3. The molecule has 4 N–H and O–H groups in total. The lowest BCUT2D eigenvalue weighted by molar-refractivity contribution is -0.139. The first-order valence-electron chi connectivity index (χ1n) is 6.88. The monoisotopic (exact) mass is 368 g/mol. The Bertz CT molecular complexity index is 750. The van der Waals surface area contributed by atoms with E-state index in [2.05, 4.69) is 10.6 Å². The number of carbonyl (C=O) groups excluding carboxylic acids is 1. The van der Waals surface area contributed by atoms with Gasteiger partial charge in [0, 0.05) is 12.1 Å². The zero-order chi connectivity index (χ0) is 17.7. The van der Waals surface area contributed by atoms with Gasteiger partial charge in [-0.2, -0.15) is 0 Å². The summed E-state index contributed by atoms with van der Waals surface area (Å²) >= 11 is 11.6. The predicted octanol–water partition coefficient (Wildman–Crippen LogP) is 3.52. The number of anilines is 1. The largest absolute Gasteiger partial charge is 0.508 e. The number of hydrogen-bond donors (Lipinski definition) is 4. The Kier molecular flexibility index (Phi) is 5.89. The number of phenolic OH excluding ortho intramolecular Hbond substituents is 1. The van der Waals surface area contributed by atoms with Crippen molar-refractivity contribution < 1.29 is 19.8 Å². The fourth-order valence-electron chi connectivity index (χ4n) is 1.97. The van der Waals surface area contributed by atoms with Gasteiger partial charge < -0.3 is 20.8 Å². The third-order valence-electron chi connectivity index (χ3n) is 3.16. The van der Waals surface area contributed by atoms with Crippen LogP contribution in [0.3, 0.4) is 0 Å². The molecule has 8 heteroatoms. The van der Waals surface area contributed by atoms with E-state index in [-0.39, 0.29) is 17.2 Å². The molecule has 0 radical (unpaired) electrons. The first kappa shape index (κ1) is 17.9. The molecule has 126 valence electrons. The summed E-state index contributed by atoms with van der Waals surface area (Å²) in [4.78, 5) is 23.3. The van der Waals surface area contributed by atoms with Gasteiger partial charge in [-0.1, -0.05) is 35.3 Å². The summed E-state index contributed by atoms with van der Waals surface area (Å²) in [6, 6.07) is 8.78. The number of amides is 2. The molecule has 0 spiro atoms. The lowest BCUT2D eigenvalue weighted by atomic mass is 10.1. The average molecular weight is 369 g/mol. The number of rotatable bonds is 5. The predicted molar refractivity (Wildman–Crippen MR) is 91.9 cm³/mol. The van der Waals surface area contributed by atoms with Crippen LogP contribution in [0.5, 0.6) is 5.75 Å². The van der Waals surface area contributed by atoms with Crippen molar-refractivity contribution in [3.8, 4) is 5.75 Å². The van der Waals surface area contributed by atoms with Crippen LogP contribution in [0.15, 0.2) is 42.5 Å². The SMILES string of the molecule is O=C(Nc1ccc(Cl)c(Cl)c1)NC(Cc1ccc(O)cc1)C(=O)O. The van der Waals surface area contributed by atoms with Gasteiger partial charge in [-0.3, -0.25) is 0 Å². The highest BCUT2D eigenvalue weighted by Gasteiger charge is 2.20. The number of carbonyl (C=O) groups is 2. The van der Waals surface area contributed by atoms with Crippen molar-refractivity contribution in [3.05, 3.63) is 58.1 Å². The number of aromatic hydroxyl groups is 1. The van der Waals surface area contributed by atoms with Crippen molar-refractivity contribution in [2.24, 2.45) is 0 Å². The lowest BCUT2D eigenvalue weighted by Gasteiger charge is -2.15. The van der Waals surface area contributed by atoms with Gasteiger partial charge in [0.2, 0.25) is 0 Å². The maximum Gasteiger partial charge on any atom is 0.326 e. The normalized spacial score (nSPS) is 11.6. The van der Waals surface area contributed by atoms with E-state index in [1.54, 1.807) is 18.2 Å². The minimum atomic E-state index is -1.17. The number of carboxylic acid groups (broad SMARTS) is 1. The van der Waals surface area contributed by atoms with E-state index in [0.29, 0.717) is 16.3 Å². The summed E-state index contributed by atoms with van der Waals surface area (Å²) < 4.78 is 0. The molecule has 1 atom stereocenters. The molecule has 1 unspecified atom stereocenters. The van der Waals surface area contributed by atoms with Crippen LogP contribution in [0.4, 0.5) is 10.5 Å². The van der Waals surface area contributed by atoms with Crippen molar-refractivity contribution in [2.75, 3.05) is 5.32 Å². The van der Waals surface area contributed by atoms with E-state index >= 15 is 0 Å². The van der Waals surface area contributed by atoms with Gasteiger partial charge in [0.1, 0.15) is 11.8 Å². The second-order valence-electron chi connectivity index (χ2n) is 4.99. The molecule has 2 rings (SSSR count). The van der Waals surface area contributed by atoms with Gasteiger partial charge in [-0.05, 0) is 35.9 Å². The molecule has 2 amide bonds. The van der Waals surface area contributed by atoms with Gasteiger partial charge >= 0.3 is 12.0 Å². The number of benzene rings is 2. The molecule has 2 aromatic rings.